The molecule has 5 nitrogen and oxygen atoms in total. The van der Waals surface area contributed by atoms with Crippen LogP contribution in [0.4, 0.5) is 5.13 Å². The number of nitrogens with zero attached hydrogens (tertiary/aromatic N) is 3. The zero-order valence-corrected chi connectivity index (χ0v) is 13.2. The first-order valence-corrected chi connectivity index (χ1v) is 8.40. The number of benzene rings is 1. The molecular formula is C17H16N4OS. The van der Waals surface area contributed by atoms with Gasteiger partial charge < -0.3 is 10.1 Å². The Balaban J connectivity index is 1.51. The van der Waals surface area contributed by atoms with Crippen LogP contribution < -0.4 is 5.32 Å². The normalized spacial score (nSPS) is 20.5. The SMILES string of the molecule is c1ccc(C2OCCC2Nc2nnc(-c3ccccn3)s2)cc1. The molecule has 0 amide bonds. The fourth-order valence-corrected chi connectivity index (χ4v) is 3.52. The molecule has 1 aliphatic rings. The van der Waals surface area contributed by atoms with E-state index in [4.69, 9.17) is 4.74 Å². The highest BCUT2D eigenvalue weighted by atomic mass is 32.1. The van der Waals surface area contributed by atoms with E-state index in [0.29, 0.717) is 0 Å². The molecule has 0 aliphatic carbocycles. The van der Waals surface area contributed by atoms with Crippen LogP contribution in [0.2, 0.25) is 0 Å². The monoisotopic (exact) mass is 324 g/mol. The lowest BCUT2D eigenvalue weighted by Crippen LogP contribution is -2.23. The Kier molecular flexibility index (Phi) is 4.00. The minimum atomic E-state index is 0.0541. The third kappa shape index (κ3) is 3.09. The topological polar surface area (TPSA) is 59.9 Å². The molecule has 0 bridgehead atoms. The van der Waals surface area contributed by atoms with E-state index in [-0.39, 0.29) is 12.1 Å². The Hall–Kier alpha value is -2.31. The van der Waals surface area contributed by atoms with Crippen LogP contribution >= 0.6 is 11.3 Å². The molecule has 116 valence electrons. The Morgan fingerprint density at radius 3 is 2.74 bits per heavy atom. The molecule has 3 aromatic rings. The molecule has 1 fully saturated rings. The van der Waals surface area contributed by atoms with E-state index in [1.165, 1.54) is 16.9 Å². The van der Waals surface area contributed by atoms with Gasteiger partial charge in [0.1, 0.15) is 11.8 Å². The Bertz CT molecular complexity index is 763. The molecule has 2 atom stereocenters. The summed E-state index contributed by atoms with van der Waals surface area (Å²) in [4.78, 5) is 4.31. The molecule has 1 N–H and O–H groups in total. The van der Waals surface area contributed by atoms with E-state index in [1.54, 1.807) is 6.20 Å². The van der Waals surface area contributed by atoms with Crippen LogP contribution in [-0.2, 0) is 4.74 Å². The molecule has 1 saturated heterocycles. The van der Waals surface area contributed by atoms with Gasteiger partial charge in [-0.3, -0.25) is 4.98 Å². The van der Waals surface area contributed by atoms with Gasteiger partial charge in [-0.2, -0.15) is 0 Å². The first-order chi connectivity index (χ1) is 11.4. The van der Waals surface area contributed by atoms with Gasteiger partial charge in [0, 0.05) is 12.8 Å². The number of hydrogen-bond acceptors (Lipinski definition) is 6. The van der Waals surface area contributed by atoms with Crippen molar-refractivity contribution in [1.82, 2.24) is 15.2 Å². The van der Waals surface area contributed by atoms with Crippen LogP contribution in [-0.4, -0.2) is 27.8 Å². The van der Waals surface area contributed by atoms with Gasteiger partial charge in [0.25, 0.3) is 0 Å². The average Bonchev–Trinajstić information content (AvgIpc) is 3.26. The van der Waals surface area contributed by atoms with Crippen molar-refractivity contribution in [2.75, 3.05) is 11.9 Å². The predicted octanol–water partition coefficient (Wildman–Crippen LogP) is 3.54. The van der Waals surface area contributed by atoms with Gasteiger partial charge in [-0.25, -0.2) is 0 Å². The molecule has 6 heteroatoms. The standard InChI is InChI=1S/C17H16N4OS/c1-2-6-12(7-3-1)15-13(9-11-22-15)19-17-21-20-16(23-17)14-8-4-5-10-18-14/h1-8,10,13,15H,9,11H2,(H,19,21). The lowest BCUT2D eigenvalue weighted by Gasteiger charge is -2.19. The average molecular weight is 324 g/mol. The lowest BCUT2D eigenvalue weighted by atomic mass is 10.0. The summed E-state index contributed by atoms with van der Waals surface area (Å²) in [7, 11) is 0. The second-order valence-corrected chi connectivity index (χ2v) is 6.35. The van der Waals surface area contributed by atoms with Crippen LogP contribution in [0.15, 0.2) is 54.7 Å². The highest BCUT2D eigenvalue weighted by molar-refractivity contribution is 7.18. The molecular weight excluding hydrogens is 308 g/mol. The first kappa shape index (κ1) is 14.3. The van der Waals surface area contributed by atoms with Crippen molar-refractivity contribution in [1.29, 1.82) is 0 Å². The van der Waals surface area contributed by atoms with Crippen molar-refractivity contribution in [3.8, 4) is 10.7 Å². The van der Waals surface area contributed by atoms with E-state index in [9.17, 15) is 0 Å². The fourth-order valence-electron chi connectivity index (χ4n) is 2.74. The van der Waals surface area contributed by atoms with Crippen molar-refractivity contribution in [2.24, 2.45) is 0 Å². The van der Waals surface area contributed by atoms with Crippen LogP contribution in [0.25, 0.3) is 10.7 Å². The van der Waals surface area contributed by atoms with Crippen LogP contribution in [0.5, 0.6) is 0 Å². The van der Waals surface area contributed by atoms with Gasteiger partial charge in [0.15, 0.2) is 5.01 Å². The minimum absolute atomic E-state index is 0.0541. The van der Waals surface area contributed by atoms with Crippen LogP contribution in [0.3, 0.4) is 0 Å². The highest BCUT2D eigenvalue weighted by Crippen LogP contribution is 2.33. The fraction of sp³-hybridized carbons (Fsp3) is 0.235. The van der Waals surface area contributed by atoms with Crippen LogP contribution in [0.1, 0.15) is 18.1 Å². The Morgan fingerprint density at radius 1 is 1.04 bits per heavy atom. The number of pyridine rings is 1. The second kappa shape index (κ2) is 6.44. The molecule has 0 radical (unpaired) electrons. The van der Waals surface area contributed by atoms with Crippen LogP contribution in [0, 0.1) is 0 Å². The smallest absolute Gasteiger partial charge is 0.206 e. The number of rotatable bonds is 4. The summed E-state index contributed by atoms with van der Waals surface area (Å²) in [6, 6.07) is 16.3. The molecule has 4 rings (SSSR count). The number of aromatic nitrogens is 3. The summed E-state index contributed by atoms with van der Waals surface area (Å²) >= 11 is 1.52. The van der Waals surface area contributed by atoms with Crippen molar-refractivity contribution >= 4 is 16.5 Å². The van der Waals surface area contributed by atoms with Crippen molar-refractivity contribution in [2.45, 2.75) is 18.6 Å². The maximum absolute atomic E-state index is 5.90. The number of anilines is 1. The quantitative estimate of drug-likeness (QED) is 0.795. The third-order valence-corrected chi connectivity index (χ3v) is 4.71. The molecule has 2 unspecified atom stereocenters. The van der Waals surface area contributed by atoms with Gasteiger partial charge in [0.2, 0.25) is 5.13 Å². The van der Waals surface area contributed by atoms with E-state index < -0.39 is 0 Å². The summed E-state index contributed by atoms with van der Waals surface area (Å²) in [5, 5.41) is 13.6. The van der Waals surface area contributed by atoms with Crippen molar-refractivity contribution < 1.29 is 4.74 Å². The summed E-state index contributed by atoms with van der Waals surface area (Å²) in [5.74, 6) is 0. The van der Waals surface area contributed by atoms with Gasteiger partial charge in [-0.1, -0.05) is 47.7 Å². The van der Waals surface area contributed by atoms with Crippen molar-refractivity contribution in [3.63, 3.8) is 0 Å². The summed E-state index contributed by atoms with van der Waals surface area (Å²) in [5.41, 5.74) is 2.04. The number of hydrogen-bond donors (Lipinski definition) is 1. The van der Waals surface area contributed by atoms with Crippen molar-refractivity contribution in [3.05, 3.63) is 60.3 Å². The lowest BCUT2D eigenvalue weighted by molar-refractivity contribution is 0.107. The molecule has 1 aliphatic heterocycles. The molecule has 0 saturated carbocycles. The third-order valence-electron chi connectivity index (χ3n) is 3.84. The number of nitrogens with one attached hydrogen (secondary N) is 1. The molecule has 1 aromatic carbocycles. The first-order valence-electron chi connectivity index (χ1n) is 7.58. The number of ether oxygens (including phenoxy) is 1. The van der Waals surface area contributed by atoms with Gasteiger partial charge in [0.05, 0.1) is 6.04 Å². The minimum Gasteiger partial charge on any atom is -0.371 e. The highest BCUT2D eigenvalue weighted by Gasteiger charge is 2.30. The van der Waals surface area contributed by atoms with Gasteiger partial charge in [-0.15, -0.1) is 10.2 Å². The largest absolute Gasteiger partial charge is 0.371 e. The summed E-state index contributed by atoms with van der Waals surface area (Å²) < 4.78 is 5.90. The van der Waals surface area contributed by atoms with Gasteiger partial charge in [-0.05, 0) is 24.1 Å². The zero-order chi connectivity index (χ0) is 15.5. The Labute approximate surface area is 138 Å². The summed E-state index contributed by atoms with van der Waals surface area (Å²) in [6.45, 7) is 0.753. The van der Waals surface area contributed by atoms with Gasteiger partial charge >= 0.3 is 0 Å². The molecule has 2 aromatic heterocycles. The van der Waals surface area contributed by atoms with E-state index in [2.05, 4.69) is 32.6 Å². The molecule has 3 heterocycles. The van der Waals surface area contributed by atoms with E-state index >= 15 is 0 Å². The van der Waals surface area contributed by atoms with E-state index in [0.717, 1.165) is 28.9 Å². The van der Waals surface area contributed by atoms with E-state index in [1.807, 2.05) is 36.4 Å². The zero-order valence-electron chi connectivity index (χ0n) is 12.4. The Morgan fingerprint density at radius 2 is 1.91 bits per heavy atom. The maximum atomic E-state index is 5.90. The molecule has 23 heavy (non-hydrogen) atoms. The maximum Gasteiger partial charge on any atom is 0.206 e. The predicted molar refractivity (Wildman–Crippen MR) is 90.3 cm³/mol. The second-order valence-electron chi connectivity index (χ2n) is 5.37. The molecule has 0 spiro atoms. The summed E-state index contributed by atoms with van der Waals surface area (Å²) in [6.07, 6.45) is 2.77.